The van der Waals surface area contributed by atoms with Crippen LogP contribution >= 0.6 is 0 Å². The predicted octanol–water partition coefficient (Wildman–Crippen LogP) is 3.27. The summed E-state index contributed by atoms with van der Waals surface area (Å²) in [7, 11) is 0. The summed E-state index contributed by atoms with van der Waals surface area (Å²) in [6.45, 7) is 8.09. The smallest absolute Gasteiger partial charge is 0.413 e. The third-order valence-electron chi connectivity index (χ3n) is 3.33. The maximum atomic E-state index is 11.6. The first-order valence-electron chi connectivity index (χ1n) is 7.70. The summed E-state index contributed by atoms with van der Waals surface area (Å²) in [6, 6.07) is 3.66. The molecule has 0 atom stereocenters. The SMILES string of the molecule is CC(C)(C)OC(=O)Nc1ccc(NCC2CCOCC2)cn1. The molecular formula is C16H25N3O3. The number of amides is 1. The molecule has 0 spiro atoms. The lowest BCUT2D eigenvalue weighted by Gasteiger charge is -2.22. The number of hydrogen-bond acceptors (Lipinski definition) is 5. The Morgan fingerprint density at radius 2 is 2.09 bits per heavy atom. The Bertz CT molecular complexity index is 476. The monoisotopic (exact) mass is 307 g/mol. The van der Waals surface area contributed by atoms with Gasteiger partial charge in [-0.05, 0) is 51.7 Å². The molecule has 122 valence electrons. The second-order valence-corrected chi connectivity index (χ2v) is 6.50. The van der Waals surface area contributed by atoms with Crippen LogP contribution in [0.4, 0.5) is 16.3 Å². The highest BCUT2D eigenvalue weighted by Crippen LogP contribution is 2.17. The maximum Gasteiger partial charge on any atom is 0.413 e. The number of pyridine rings is 1. The van der Waals surface area contributed by atoms with Gasteiger partial charge in [-0.1, -0.05) is 0 Å². The van der Waals surface area contributed by atoms with Crippen molar-refractivity contribution in [2.75, 3.05) is 30.4 Å². The van der Waals surface area contributed by atoms with Crippen molar-refractivity contribution in [2.24, 2.45) is 5.92 Å². The molecule has 1 fully saturated rings. The average molecular weight is 307 g/mol. The summed E-state index contributed by atoms with van der Waals surface area (Å²) >= 11 is 0. The van der Waals surface area contributed by atoms with E-state index in [2.05, 4.69) is 15.6 Å². The molecule has 0 aromatic carbocycles. The second kappa shape index (κ2) is 7.45. The summed E-state index contributed by atoms with van der Waals surface area (Å²) in [6.07, 6.45) is 3.41. The van der Waals surface area contributed by atoms with Gasteiger partial charge in [0.2, 0.25) is 0 Å². The largest absolute Gasteiger partial charge is 0.444 e. The summed E-state index contributed by atoms with van der Waals surface area (Å²) in [5.74, 6) is 1.12. The molecule has 0 unspecified atom stereocenters. The highest BCUT2D eigenvalue weighted by atomic mass is 16.6. The van der Waals surface area contributed by atoms with Gasteiger partial charge < -0.3 is 14.8 Å². The molecule has 2 rings (SSSR count). The molecule has 2 N–H and O–H groups in total. The molecule has 0 aliphatic carbocycles. The zero-order valence-corrected chi connectivity index (χ0v) is 13.5. The van der Waals surface area contributed by atoms with Crippen molar-refractivity contribution >= 4 is 17.6 Å². The van der Waals surface area contributed by atoms with Gasteiger partial charge >= 0.3 is 6.09 Å². The number of nitrogens with one attached hydrogen (secondary N) is 2. The summed E-state index contributed by atoms with van der Waals surface area (Å²) in [5.41, 5.74) is 0.427. The number of rotatable bonds is 4. The Balaban J connectivity index is 1.78. The Morgan fingerprint density at radius 1 is 1.36 bits per heavy atom. The van der Waals surface area contributed by atoms with Gasteiger partial charge in [-0.3, -0.25) is 5.32 Å². The van der Waals surface area contributed by atoms with E-state index in [0.29, 0.717) is 11.7 Å². The fourth-order valence-electron chi connectivity index (χ4n) is 2.19. The van der Waals surface area contributed by atoms with Crippen molar-refractivity contribution in [3.8, 4) is 0 Å². The molecule has 2 heterocycles. The number of nitrogens with zero attached hydrogens (tertiary/aromatic N) is 1. The fraction of sp³-hybridized carbons (Fsp3) is 0.625. The van der Waals surface area contributed by atoms with E-state index in [9.17, 15) is 4.79 Å². The maximum absolute atomic E-state index is 11.6. The minimum atomic E-state index is -0.519. The number of ether oxygens (including phenoxy) is 2. The van der Waals surface area contributed by atoms with E-state index in [1.807, 2.05) is 26.8 Å². The fourth-order valence-corrected chi connectivity index (χ4v) is 2.19. The molecule has 1 aliphatic rings. The summed E-state index contributed by atoms with van der Waals surface area (Å²) in [5, 5.41) is 5.99. The van der Waals surface area contributed by atoms with E-state index < -0.39 is 11.7 Å². The first-order valence-corrected chi connectivity index (χ1v) is 7.70. The van der Waals surface area contributed by atoms with Crippen LogP contribution in [-0.2, 0) is 9.47 Å². The molecule has 1 aliphatic heterocycles. The van der Waals surface area contributed by atoms with Gasteiger partial charge in [-0.25, -0.2) is 9.78 Å². The lowest BCUT2D eigenvalue weighted by Crippen LogP contribution is -2.27. The van der Waals surface area contributed by atoms with Gasteiger partial charge in [0, 0.05) is 19.8 Å². The Kier molecular flexibility index (Phi) is 5.60. The Labute approximate surface area is 131 Å². The van der Waals surface area contributed by atoms with Crippen LogP contribution < -0.4 is 10.6 Å². The van der Waals surface area contributed by atoms with Crippen molar-refractivity contribution in [3.05, 3.63) is 18.3 Å². The zero-order chi connectivity index (χ0) is 16.0. The van der Waals surface area contributed by atoms with Crippen molar-refractivity contribution in [1.29, 1.82) is 0 Å². The van der Waals surface area contributed by atoms with Crippen LogP contribution in [0.25, 0.3) is 0 Å². The quantitative estimate of drug-likeness (QED) is 0.893. The van der Waals surface area contributed by atoms with Crippen molar-refractivity contribution in [3.63, 3.8) is 0 Å². The normalized spacial score (nSPS) is 16.1. The number of anilines is 2. The topological polar surface area (TPSA) is 72.5 Å². The Morgan fingerprint density at radius 3 is 2.68 bits per heavy atom. The van der Waals surface area contributed by atoms with E-state index in [1.165, 1.54) is 0 Å². The van der Waals surface area contributed by atoms with Gasteiger partial charge in [-0.2, -0.15) is 0 Å². The molecule has 1 aromatic rings. The highest BCUT2D eigenvalue weighted by molar-refractivity contribution is 5.83. The minimum absolute atomic E-state index is 0.478. The Hall–Kier alpha value is -1.82. The van der Waals surface area contributed by atoms with Crippen LogP contribution in [-0.4, -0.2) is 36.4 Å². The van der Waals surface area contributed by atoms with Gasteiger partial charge in [0.15, 0.2) is 0 Å². The van der Waals surface area contributed by atoms with Gasteiger partial charge in [0.1, 0.15) is 11.4 Å². The third-order valence-corrected chi connectivity index (χ3v) is 3.33. The van der Waals surface area contributed by atoms with Gasteiger partial charge in [0.25, 0.3) is 0 Å². The average Bonchev–Trinajstić information content (AvgIpc) is 2.45. The van der Waals surface area contributed by atoms with Crippen LogP contribution in [0.15, 0.2) is 18.3 Å². The number of hydrogen-bond donors (Lipinski definition) is 2. The molecule has 1 aromatic heterocycles. The summed E-state index contributed by atoms with van der Waals surface area (Å²) < 4.78 is 10.5. The van der Waals surface area contributed by atoms with E-state index in [4.69, 9.17) is 9.47 Å². The lowest BCUT2D eigenvalue weighted by atomic mass is 10.0. The van der Waals surface area contributed by atoms with E-state index in [1.54, 1.807) is 12.3 Å². The zero-order valence-electron chi connectivity index (χ0n) is 13.5. The van der Waals surface area contributed by atoms with Gasteiger partial charge in [-0.15, -0.1) is 0 Å². The van der Waals surface area contributed by atoms with Crippen LogP contribution in [0.3, 0.4) is 0 Å². The van der Waals surface area contributed by atoms with Gasteiger partial charge in [0.05, 0.1) is 11.9 Å². The van der Waals surface area contributed by atoms with Crippen LogP contribution in [0, 0.1) is 5.92 Å². The van der Waals surface area contributed by atoms with E-state index in [0.717, 1.165) is 38.3 Å². The lowest BCUT2D eigenvalue weighted by molar-refractivity contribution is 0.0635. The van der Waals surface area contributed by atoms with Crippen LogP contribution in [0.5, 0.6) is 0 Å². The number of carbonyl (C=O) groups excluding carboxylic acids is 1. The number of aromatic nitrogens is 1. The third kappa shape index (κ3) is 5.89. The molecule has 6 nitrogen and oxygen atoms in total. The molecule has 22 heavy (non-hydrogen) atoms. The highest BCUT2D eigenvalue weighted by Gasteiger charge is 2.16. The second-order valence-electron chi connectivity index (χ2n) is 6.50. The standard InChI is InChI=1S/C16H25N3O3/c1-16(2,3)22-15(20)19-14-5-4-13(11-18-14)17-10-12-6-8-21-9-7-12/h4-5,11-12,17H,6-10H2,1-3H3,(H,18,19,20). The molecule has 1 saturated heterocycles. The molecule has 0 radical (unpaired) electrons. The van der Waals surface area contributed by atoms with Crippen molar-refractivity contribution < 1.29 is 14.3 Å². The van der Waals surface area contributed by atoms with Crippen LogP contribution in [0.2, 0.25) is 0 Å². The molecule has 0 saturated carbocycles. The predicted molar refractivity (Wildman–Crippen MR) is 86.1 cm³/mol. The van der Waals surface area contributed by atoms with E-state index >= 15 is 0 Å². The minimum Gasteiger partial charge on any atom is -0.444 e. The first-order chi connectivity index (χ1) is 10.4. The molecular weight excluding hydrogens is 282 g/mol. The molecule has 6 heteroatoms. The first kappa shape index (κ1) is 16.5. The molecule has 1 amide bonds. The van der Waals surface area contributed by atoms with Crippen molar-refractivity contribution in [1.82, 2.24) is 4.98 Å². The van der Waals surface area contributed by atoms with E-state index in [-0.39, 0.29) is 0 Å². The molecule has 0 bridgehead atoms. The summed E-state index contributed by atoms with van der Waals surface area (Å²) in [4.78, 5) is 15.9. The van der Waals surface area contributed by atoms with Crippen LogP contribution in [0.1, 0.15) is 33.6 Å². The number of carbonyl (C=O) groups is 1. The van der Waals surface area contributed by atoms with Crippen molar-refractivity contribution in [2.45, 2.75) is 39.2 Å².